The number of rotatable bonds is 5. The summed E-state index contributed by atoms with van der Waals surface area (Å²) < 4.78 is 45.8. The van der Waals surface area contributed by atoms with Gasteiger partial charge >= 0.3 is 0 Å². The van der Waals surface area contributed by atoms with Crippen molar-refractivity contribution >= 4 is 15.7 Å². The Balaban J connectivity index is 1.54. The van der Waals surface area contributed by atoms with Crippen LogP contribution in [0.25, 0.3) is 11.3 Å². The summed E-state index contributed by atoms with van der Waals surface area (Å²) >= 11 is 0. The minimum Gasteiger partial charge on any atom is -0.440 e. The molecule has 4 rings (SSSR count). The van der Waals surface area contributed by atoms with Gasteiger partial charge in [0, 0.05) is 17.2 Å². The second-order valence-electron chi connectivity index (χ2n) is 5.97. The van der Waals surface area contributed by atoms with Gasteiger partial charge in [-0.3, -0.25) is 4.72 Å². The van der Waals surface area contributed by atoms with Crippen LogP contribution in [0.1, 0.15) is 24.7 Å². The second kappa shape index (κ2) is 6.00. The lowest BCUT2D eigenvalue weighted by Gasteiger charge is -2.08. The van der Waals surface area contributed by atoms with E-state index in [0.717, 1.165) is 24.3 Å². The Labute approximate surface area is 144 Å². The second-order valence-corrected chi connectivity index (χ2v) is 7.66. The molecule has 0 radical (unpaired) electrons. The molecular formula is C18H15FN2O3S. The summed E-state index contributed by atoms with van der Waals surface area (Å²) in [6.45, 7) is 0. The summed E-state index contributed by atoms with van der Waals surface area (Å²) in [6, 6.07) is 11.5. The van der Waals surface area contributed by atoms with Crippen molar-refractivity contribution < 1.29 is 17.2 Å². The molecule has 1 aromatic heterocycles. The van der Waals surface area contributed by atoms with Crippen molar-refractivity contribution in [1.82, 2.24) is 4.98 Å². The summed E-state index contributed by atoms with van der Waals surface area (Å²) in [4.78, 5) is 4.37. The Morgan fingerprint density at radius 1 is 1.04 bits per heavy atom. The average Bonchev–Trinajstić information content (AvgIpc) is 3.34. The molecule has 0 aliphatic heterocycles. The predicted octanol–water partition coefficient (Wildman–Crippen LogP) is 4.16. The van der Waals surface area contributed by atoms with E-state index >= 15 is 0 Å². The maximum absolute atomic E-state index is 12.9. The topological polar surface area (TPSA) is 72.2 Å². The zero-order valence-corrected chi connectivity index (χ0v) is 14.0. The van der Waals surface area contributed by atoms with E-state index in [2.05, 4.69) is 9.71 Å². The SMILES string of the molecule is O=S(=O)(Nc1ccc(F)cc1)c1ccc(-c2cnc(C3CC3)o2)cc1. The minimum atomic E-state index is -3.74. The van der Waals surface area contributed by atoms with Crippen LogP contribution in [0.5, 0.6) is 0 Å². The molecular weight excluding hydrogens is 343 g/mol. The molecule has 1 N–H and O–H groups in total. The molecule has 1 saturated carbocycles. The monoisotopic (exact) mass is 358 g/mol. The van der Waals surface area contributed by atoms with Crippen molar-refractivity contribution in [3.63, 3.8) is 0 Å². The molecule has 5 nitrogen and oxygen atoms in total. The van der Waals surface area contributed by atoms with Crippen LogP contribution in [0.15, 0.2) is 64.0 Å². The number of halogens is 1. The number of nitrogens with zero attached hydrogens (tertiary/aromatic N) is 1. The highest BCUT2D eigenvalue weighted by Gasteiger charge is 2.28. The lowest BCUT2D eigenvalue weighted by Crippen LogP contribution is -2.12. The quantitative estimate of drug-likeness (QED) is 0.743. The Bertz CT molecular complexity index is 992. The molecule has 3 aromatic rings. The normalized spacial score (nSPS) is 14.4. The first-order chi connectivity index (χ1) is 12.0. The molecule has 0 amide bonds. The summed E-state index contributed by atoms with van der Waals surface area (Å²) in [5.74, 6) is 1.36. The molecule has 0 unspecified atom stereocenters. The first-order valence-electron chi connectivity index (χ1n) is 7.86. The van der Waals surface area contributed by atoms with Gasteiger partial charge in [-0.1, -0.05) is 0 Å². The van der Waals surface area contributed by atoms with Crippen molar-refractivity contribution in [3.8, 4) is 11.3 Å². The highest BCUT2D eigenvalue weighted by Crippen LogP contribution is 2.40. The van der Waals surface area contributed by atoms with Crippen LogP contribution in [0.4, 0.5) is 10.1 Å². The standard InChI is InChI=1S/C18H15FN2O3S/c19-14-5-7-15(8-6-14)21-25(22,23)16-9-3-12(4-10-16)17-11-20-18(24-17)13-1-2-13/h3-11,13,21H,1-2H2. The Morgan fingerprint density at radius 2 is 1.72 bits per heavy atom. The van der Waals surface area contributed by atoms with Gasteiger partial charge in [0.1, 0.15) is 5.82 Å². The van der Waals surface area contributed by atoms with Crippen LogP contribution in [-0.2, 0) is 10.0 Å². The number of hydrogen-bond acceptors (Lipinski definition) is 4. The molecule has 128 valence electrons. The predicted molar refractivity (Wildman–Crippen MR) is 91.1 cm³/mol. The van der Waals surface area contributed by atoms with E-state index < -0.39 is 15.8 Å². The first kappa shape index (κ1) is 15.8. The first-order valence-corrected chi connectivity index (χ1v) is 9.34. The van der Waals surface area contributed by atoms with Crippen LogP contribution < -0.4 is 4.72 Å². The fourth-order valence-corrected chi connectivity index (χ4v) is 3.53. The smallest absolute Gasteiger partial charge is 0.261 e. The number of aromatic nitrogens is 1. The Morgan fingerprint density at radius 3 is 2.36 bits per heavy atom. The molecule has 0 atom stereocenters. The van der Waals surface area contributed by atoms with Crippen molar-refractivity contribution in [3.05, 3.63) is 66.4 Å². The zero-order chi connectivity index (χ0) is 17.4. The molecule has 1 fully saturated rings. The molecule has 0 bridgehead atoms. The van der Waals surface area contributed by atoms with Gasteiger partial charge < -0.3 is 4.42 Å². The number of anilines is 1. The van der Waals surface area contributed by atoms with Crippen molar-refractivity contribution in [2.45, 2.75) is 23.7 Å². The van der Waals surface area contributed by atoms with E-state index in [-0.39, 0.29) is 4.90 Å². The average molecular weight is 358 g/mol. The van der Waals surface area contributed by atoms with Gasteiger partial charge in [0.2, 0.25) is 0 Å². The van der Waals surface area contributed by atoms with Crippen LogP contribution in [0, 0.1) is 5.82 Å². The lowest BCUT2D eigenvalue weighted by atomic mass is 10.2. The molecule has 0 spiro atoms. The van der Waals surface area contributed by atoms with E-state index in [1.54, 1.807) is 18.3 Å². The van der Waals surface area contributed by atoms with Gasteiger partial charge in [-0.2, -0.15) is 0 Å². The van der Waals surface area contributed by atoms with Gasteiger partial charge in [-0.25, -0.2) is 17.8 Å². The summed E-state index contributed by atoms with van der Waals surface area (Å²) in [6.07, 6.45) is 3.87. The molecule has 0 saturated heterocycles. The van der Waals surface area contributed by atoms with Crippen LogP contribution in [0.2, 0.25) is 0 Å². The number of hydrogen-bond donors (Lipinski definition) is 1. The van der Waals surface area contributed by atoms with Crippen LogP contribution in [-0.4, -0.2) is 13.4 Å². The van der Waals surface area contributed by atoms with Crippen LogP contribution >= 0.6 is 0 Å². The third kappa shape index (κ3) is 3.41. The molecule has 1 heterocycles. The summed E-state index contributed by atoms with van der Waals surface area (Å²) in [5.41, 5.74) is 1.06. The van der Waals surface area contributed by atoms with Gasteiger partial charge in [0.15, 0.2) is 11.7 Å². The van der Waals surface area contributed by atoms with E-state index in [4.69, 9.17) is 4.42 Å². The number of oxazole rings is 1. The largest absolute Gasteiger partial charge is 0.440 e. The fraction of sp³-hybridized carbons (Fsp3) is 0.167. The van der Waals surface area contributed by atoms with E-state index in [1.807, 2.05) is 0 Å². The van der Waals surface area contributed by atoms with Gasteiger partial charge in [0.05, 0.1) is 11.1 Å². The third-order valence-corrected chi connectivity index (χ3v) is 5.39. The van der Waals surface area contributed by atoms with Crippen molar-refractivity contribution in [2.75, 3.05) is 4.72 Å². The van der Waals surface area contributed by atoms with Crippen molar-refractivity contribution in [1.29, 1.82) is 0 Å². The van der Waals surface area contributed by atoms with Crippen LogP contribution in [0.3, 0.4) is 0 Å². The number of nitrogens with one attached hydrogen (secondary N) is 1. The molecule has 2 aromatic carbocycles. The number of sulfonamides is 1. The molecule has 1 aliphatic rings. The van der Waals surface area contributed by atoms with Crippen molar-refractivity contribution in [2.24, 2.45) is 0 Å². The molecule has 1 aliphatic carbocycles. The van der Waals surface area contributed by atoms with Gasteiger partial charge in [-0.15, -0.1) is 0 Å². The lowest BCUT2D eigenvalue weighted by molar-refractivity contribution is 0.509. The van der Waals surface area contributed by atoms with E-state index in [0.29, 0.717) is 17.4 Å². The van der Waals surface area contributed by atoms with E-state index in [1.165, 1.54) is 36.4 Å². The third-order valence-electron chi connectivity index (χ3n) is 4.00. The van der Waals surface area contributed by atoms with E-state index in [9.17, 15) is 12.8 Å². The summed E-state index contributed by atoms with van der Waals surface area (Å²) in [5, 5.41) is 0. The Kier molecular flexibility index (Phi) is 3.80. The molecule has 25 heavy (non-hydrogen) atoms. The number of benzene rings is 2. The maximum atomic E-state index is 12.9. The maximum Gasteiger partial charge on any atom is 0.261 e. The van der Waals surface area contributed by atoms with Gasteiger partial charge in [0.25, 0.3) is 10.0 Å². The highest BCUT2D eigenvalue weighted by atomic mass is 32.2. The molecule has 7 heteroatoms. The zero-order valence-electron chi connectivity index (χ0n) is 13.1. The minimum absolute atomic E-state index is 0.113. The summed E-state index contributed by atoms with van der Waals surface area (Å²) in [7, 11) is -3.74. The highest BCUT2D eigenvalue weighted by molar-refractivity contribution is 7.92. The fourth-order valence-electron chi connectivity index (χ4n) is 2.47. The Hall–Kier alpha value is -2.67. The van der Waals surface area contributed by atoms with Gasteiger partial charge in [-0.05, 0) is 61.4 Å².